The summed E-state index contributed by atoms with van der Waals surface area (Å²) in [4.78, 5) is 2.42. The molecule has 0 saturated carbocycles. The Balaban J connectivity index is 2.01. The molecule has 0 aliphatic carbocycles. The van der Waals surface area contributed by atoms with E-state index in [9.17, 15) is 13.5 Å². The average molecular weight is 332 g/mol. The van der Waals surface area contributed by atoms with Crippen LogP contribution in [0.2, 0.25) is 5.02 Å². The summed E-state index contributed by atoms with van der Waals surface area (Å²) in [5.74, 6) is 0.0745. The second kappa shape index (κ2) is 7.58. The van der Waals surface area contributed by atoms with Gasteiger partial charge in [-0.25, -0.2) is 8.42 Å². The van der Waals surface area contributed by atoms with Crippen LogP contribution in [0.5, 0.6) is 0 Å². The van der Waals surface area contributed by atoms with Gasteiger partial charge in [0.05, 0.1) is 17.3 Å². The molecular formula is C15H22ClNO3S. The van der Waals surface area contributed by atoms with E-state index >= 15 is 0 Å². The molecule has 1 aromatic rings. The smallest absolute Gasteiger partial charge is 0.179 e. The molecule has 0 spiro atoms. The third-order valence-corrected chi connectivity index (χ3v) is 5.99. The number of benzene rings is 1. The number of sulfone groups is 1. The number of hydrogen-bond acceptors (Lipinski definition) is 4. The largest absolute Gasteiger partial charge is 0.395 e. The molecule has 118 valence electrons. The van der Waals surface area contributed by atoms with Crippen molar-refractivity contribution < 1.29 is 13.5 Å². The van der Waals surface area contributed by atoms with Gasteiger partial charge in [-0.05, 0) is 43.7 Å². The number of aliphatic hydroxyl groups excluding tert-OH is 1. The van der Waals surface area contributed by atoms with Crippen LogP contribution in [-0.4, -0.2) is 49.9 Å². The van der Waals surface area contributed by atoms with Gasteiger partial charge in [0.25, 0.3) is 0 Å². The van der Waals surface area contributed by atoms with Crippen LogP contribution < -0.4 is 0 Å². The summed E-state index contributed by atoms with van der Waals surface area (Å²) in [6.07, 6.45) is 4.26. The first kappa shape index (κ1) is 16.7. The fourth-order valence-electron chi connectivity index (χ4n) is 2.74. The van der Waals surface area contributed by atoms with Gasteiger partial charge in [0.2, 0.25) is 0 Å². The molecule has 1 heterocycles. The van der Waals surface area contributed by atoms with Crippen molar-refractivity contribution in [1.82, 2.24) is 4.90 Å². The van der Waals surface area contributed by atoms with Crippen LogP contribution in [0.15, 0.2) is 29.2 Å². The van der Waals surface area contributed by atoms with Crippen LogP contribution in [0.4, 0.5) is 0 Å². The van der Waals surface area contributed by atoms with Gasteiger partial charge in [-0.15, -0.1) is 0 Å². The lowest BCUT2D eigenvalue weighted by Gasteiger charge is -2.28. The molecule has 4 nitrogen and oxygen atoms in total. The molecule has 1 saturated heterocycles. The first-order valence-corrected chi connectivity index (χ1v) is 9.39. The third-order valence-electron chi connectivity index (χ3n) is 4.03. The van der Waals surface area contributed by atoms with Crippen LogP contribution >= 0.6 is 11.6 Å². The lowest BCUT2D eigenvalue weighted by molar-refractivity contribution is 0.130. The molecule has 1 aromatic carbocycles. The highest BCUT2D eigenvalue weighted by molar-refractivity contribution is 7.91. The zero-order valence-electron chi connectivity index (χ0n) is 12.0. The summed E-state index contributed by atoms with van der Waals surface area (Å²) < 4.78 is 24.7. The van der Waals surface area contributed by atoms with E-state index in [0.717, 1.165) is 32.2 Å². The lowest BCUT2D eigenvalue weighted by Crippen LogP contribution is -2.40. The SMILES string of the molecule is O=S(=O)(CCN1CCCCCC1CO)c1ccc(Cl)cc1. The lowest BCUT2D eigenvalue weighted by atomic mass is 10.1. The van der Waals surface area contributed by atoms with Gasteiger partial charge in [-0.1, -0.05) is 24.4 Å². The van der Waals surface area contributed by atoms with Crippen LogP contribution in [0.3, 0.4) is 0 Å². The highest BCUT2D eigenvalue weighted by Crippen LogP contribution is 2.19. The summed E-state index contributed by atoms with van der Waals surface area (Å²) in [5, 5.41) is 9.99. The molecule has 1 N–H and O–H groups in total. The van der Waals surface area contributed by atoms with Crippen molar-refractivity contribution in [2.45, 2.75) is 36.6 Å². The molecule has 1 unspecified atom stereocenters. The molecule has 0 bridgehead atoms. The van der Waals surface area contributed by atoms with Gasteiger partial charge in [-0.2, -0.15) is 0 Å². The number of nitrogens with zero attached hydrogens (tertiary/aromatic N) is 1. The molecule has 0 radical (unpaired) electrons. The Morgan fingerprint density at radius 1 is 1.19 bits per heavy atom. The maximum atomic E-state index is 12.3. The Morgan fingerprint density at radius 3 is 2.57 bits per heavy atom. The number of aliphatic hydroxyl groups is 1. The normalized spacial score (nSPS) is 21.1. The predicted molar refractivity (Wildman–Crippen MR) is 84.4 cm³/mol. The third kappa shape index (κ3) is 4.68. The van der Waals surface area contributed by atoms with Crippen LogP contribution in [-0.2, 0) is 9.84 Å². The summed E-state index contributed by atoms with van der Waals surface area (Å²) in [6, 6.07) is 6.37. The first-order valence-electron chi connectivity index (χ1n) is 7.36. The predicted octanol–water partition coefficient (Wildman–Crippen LogP) is 2.35. The second-order valence-corrected chi connectivity index (χ2v) is 8.04. The molecule has 21 heavy (non-hydrogen) atoms. The Hall–Kier alpha value is -0.620. The fourth-order valence-corrected chi connectivity index (χ4v) is 4.12. The zero-order valence-corrected chi connectivity index (χ0v) is 13.6. The van der Waals surface area contributed by atoms with Crippen molar-refractivity contribution in [3.8, 4) is 0 Å². The Kier molecular flexibility index (Phi) is 6.05. The van der Waals surface area contributed by atoms with E-state index in [4.69, 9.17) is 11.6 Å². The summed E-state index contributed by atoms with van der Waals surface area (Å²) in [7, 11) is -3.30. The number of likely N-dealkylation sites (tertiary alicyclic amines) is 1. The molecule has 2 rings (SSSR count). The van der Waals surface area contributed by atoms with E-state index in [-0.39, 0.29) is 18.4 Å². The van der Waals surface area contributed by atoms with Crippen molar-refractivity contribution in [1.29, 1.82) is 0 Å². The number of rotatable bonds is 5. The van der Waals surface area contributed by atoms with Crippen molar-refractivity contribution in [3.63, 3.8) is 0 Å². The molecule has 1 aliphatic heterocycles. The number of hydrogen-bond donors (Lipinski definition) is 1. The van der Waals surface area contributed by atoms with E-state index in [1.54, 1.807) is 24.3 Å². The van der Waals surface area contributed by atoms with Gasteiger partial charge >= 0.3 is 0 Å². The average Bonchev–Trinajstić information content (AvgIpc) is 2.70. The molecule has 6 heteroatoms. The van der Waals surface area contributed by atoms with E-state index in [1.165, 1.54) is 0 Å². The minimum atomic E-state index is -3.30. The van der Waals surface area contributed by atoms with E-state index in [2.05, 4.69) is 4.90 Å². The minimum absolute atomic E-state index is 0.0745. The molecule has 1 aliphatic rings. The molecule has 1 fully saturated rings. The molecule has 0 amide bonds. The van der Waals surface area contributed by atoms with Crippen molar-refractivity contribution in [2.24, 2.45) is 0 Å². The molecule has 1 atom stereocenters. The highest BCUT2D eigenvalue weighted by atomic mass is 35.5. The maximum Gasteiger partial charge on any atom is 0.179 e. The topological polar surface area (TPSA) is 57.6 Å². The summed E-state index contributed by atoms with van der Waals surface area (Å²) >= 11 is 5.79. The van der Waals surface area contributed by atoms with Gasteiger partial charge < -0.3 is 5.11 Å². The van der Waals surface area contributed by atoms with Gasteiger partial charge in [-0.3, -0.25) is 4.90 Å². The van der Waals surface area contributed by atoms with Crippen LogP contribution in [0, 0.1) is 0 Å². The van der Waals surface area contributed by atoms with Crippen molar-refractivity contribution in [3.05, 3.63) is 29.3 Å². The van der Waals surface area contributed by atoms with Crippen LogP contribution in [0.25, 0.3) is 0 Å². The summed E-state index contributed by atoms with van der Waals surface area (Å²) in [5.41, 5.74) is 0. The molecular weight excluding hydrogens is 310 g/mol. The minimum Gasteiger partial charge on any atom is -0.395 e. The monoisotopic (exact) mass is 331 g/mol. The summed E-state index contributed by atoms with van der Waals surface area (Å²) in [6.45, 7) is 1.43. The van der Waals surface area contributed by atoms with Crippen molar-refractivity contribution in [2.75, 3.05) is 25.4 Å². The quantitative estimate of drug-likeness (QED) is 0.899. The Bertz CT molecular complexity index is 545. The van der Waals surface area contributed by atoms with E-state index in [1.807, 2.05) is 0 Å². The maximum absolute atomic E-state index is 12.3. The second-order valence-electron chi connectivity index (χ2n) is 5.49. The van der Waals surface area contributed by atoms with E-state index in [0.29, 0.717) is 16.5 Å². The van der Waals surface area contributed by atoms with Crippen molar-refractivity contribution >= 4 is 21.4 Å². The van der Waals surface area contributed by atoms with Gasteiger partial charge in [0, 0.05) is 17.6 Å². The Morgan fingerprint density at radius 2 is 1.90 bits per heavy atom. The standard InChI is InChI=1S/C15H22ClNO3S/c16-13-5-7-15(8-6-13)21(19,20)11-10-17-9-3-1-2-4-14(17)12-18/h5-8,14,18H,1-4,9-12H2. The zero-order chi connectivity index (χ0) is 15.3. The van der Waals surface area contributed by atoms with Gasteiger partial charge in [0.1, 0.15) is 0 Å². The van der Waals surface area contributed by atoms with Gasteiger partial charge in [0.15, 0.2) is 9.84 Å². The fraction of sp³-hybridized carbons (Fsp3) is 0.600. The molecule has 0 aromatic heterocycles. The Labute approximate surface area is 131 Å². The highest BCUT2D eigenvalue weighted by Gasteiger charge is 2.23. The van der Waals surface area contributed by atoms with E-state index < -0.39 is 9.84 Å². The van der Waals surface area contributed by atoms with Crippen LogP contribution in [0.1, 0.15) is 25.7 Å². The number of halogens is 1. The first-order chi connectivity index (χ1) is 10.0.